The topological polar surface area (TPSA) is 75.6 Å². The fourth-order valence-electron chi connectivity index (χ4n) is 1.70. The number of hydrogen-bond donors (Lipinski definition) is 0. The third-order valence-electron chi connectivity index (χ3n) is 2.72. The van der Waals surface area contributed by atoms with Crippen LogP contribution in [0.15, 0.2) is 41.1 Å². The molecule has 0 saturated carbocycles. The number of benzene rings is 1. The lowest BCUT2D eigenvalue weighted by Crippen LogP contribution is -1.88. The molecule has 0 aliphatic rings. The van der Waals surface area contributed by atoms with Gasteiger partial charge in [0, 0.05) is 5.56 Å². The molecule has 0 bridgehead atoms. The third-order valence-corrected chi connectivity index (χ3v) is 2.72. The van der Waals surface area contributed by atoms with E-state index in [0.29, 0.717) is 11.3 Å². The number of nitrogens with zero attached hydrogens (tertiary/aromatic N) is 4. The van der Waals surface area contributed by atoms with Crippen molar-refractivity contribution >= 4 is 0 Å². The highest BCUT2D eigenvalue weighted by Crippen LogP contribution is 2.23. The SMILES string of the molecule is N#Cc1cc(-c2nc(-c3ccc(F)cn3)no2)ccc1F. The monoisotopic (exact) mass is 284 g/mol. The molecule has 0 unspecified atom stereocenters. The molecule has 7 heteroatoms. The molecule has 0 saturated heterocycles. The standard InChI is InChI=1S/C14H6F2N4O/c15-10-2-4-12(18-7-10)13-19-14(21-20-13)8-1-3-11(16)9(5-8)6-17/h1-5,7H. The Hall–Kier alpha value is -3.14. The molecule has 0 spiro atoms. The van der Waals surface area contributed by atoms with Crippen LogP contribution in [0.2, 0.25) is 0 Å². The van der Waals surface area contributed by atoms with Gasteiger partial charge in [-0.2, -0.15) is 10.2 Å². The minimum Gasteiger partial charge on any atom is -0.334 e. The van der Waals surface area contributed by atoms with Crippen molar-refractivity contribution in [1.82, 2.24) is 15.1 Å². The fraction of sp³-hybridized carbons (Fsp3) is 0. The van der Waals surface area contributed by atoms with Gasteiger partial charge in [-0.3, -0.25) is 0 Å². The van der Waals surface area contributed by atoms with Crippen LogP contribution in [0.1, 0.15) is 5.56 Å². The van der Waals surface area contributed by atoms with E-state index in [0.717, 1.165) is 12.3 Å². The molecule has 0 aliphatic heterocycles. The van der Waals surface area contributed by atoms with Gasteiger partial charge in [0.05, 0.1) is 11.8 Å². The average molecular weight is 284 g/mol. The molecular formula is C14H6F2N4O. The molecule has 3 aromatic rings. The molecule has 0 aliphatic carbocycles. The van der Waals surface area contributed by atoms with Crippen molar-refractivity contribution in [2.24, 2.45) is 0 Å². The van der Waals surface area contributed by atoms with Gasteiger partial charge in [0.15, 0.2) is 0 Å². The summed E-state index contributed by atoms with van der Waals surface area (Å²) in [6, 6.07) is 8.25. The third kappa shape index (κ3) is 2.47. The van der Waals surface area contributed by atoms with Gasteiger partial charge in [0.1, 0.15) is 23.4 Å². The van der Waals surface area contributed by atoms with E-state index in [1.54, 1.807) is 6.07 Å². The quantitative estimate of drug-likeness (QED) is 0.723. The lowest BCUT2D eigenvalue weighted by atomic mass is 10.1. The minimum atomic E-state index is -0.624. The predicted octanol–water partition coefficient (Wildman–Crippen LogP) is 2.95. The number of halogens is 2. The number of rotatable bonds is 2. The van der Waals surface area contributed by atoms with Crippen LogP contribution in [0.4, 0.5) is 8.78 Å². The van der Waals surface area contributed by atoms with Gasteiger partial charge in [-0.1, -0.05) is 5.16 Å². The first-order valence-corrected chi connectivity index (χ1v) is 5.83. The van der Waals surface area contributed by atoms with Gasteiger partial charge in [-0.05, 0) is 30.3 Å². The van der Waals surface area contributed by atoms with Crippen molar-refractivity contribution in [3.05, 3.63) is 53.7 Å². The summed E-state index contributed by atoms with van der Waals surface area (Å²) in [6.07, 6.45) is 1.04. The van der Waals surface area contributed by atoms with Crippen molar-refractivity contribution in [3.8, 4) is 29.0 Å². The zero-order valence-corrected chi connectivity index (χ0v) is 10.4. The highest BCUT2D eigenvalue weighted by Gasteiger charge is 2.13. The smallest absolute Gasteiger partial charge is 0.258 e. The summed E-state index contributed by atoms with van der Waals surface area (Å²) in [6.45, 7) is 0. The van der Waals surface area contributed by atoms with Crippen LogP contribution in [-0.4, -0.2) is 15.1 Å². The molecule has 21 heavy (non-hydrogen) atoms. The maximum absolute atomic E-state index is 13.3. The summed E-state index contributed by atoms with van der Waals surface area (Å²) in [7, 11) is 0. The van der Waals surface area contributed by atoms with Crippen molar-refractivity contribution in [3.63, 3.8) is 0 Å². The molecule has 0 N–H and O–H groups in total. The summed E-state index contributed by atoms with van der Waals surface area (Å²) >= 11 is 0. The number of nitriles is 1. The van der Waals surface area contributed by atoms with Gasteiger partial charge < -0.3 is 4.52 Å². The van der Waals surface area contributed by atoms with Crippen molar-refractivity contribution in [2.45, 2.75) is 0 Å². The normalized spacial score (nSPS) is 10.3. The fourth-order valence-corrected chi connectivity index (χ4v) is 1.70. The first-order chi connectivity index (χ1) is 10.2. The van der Waals surface area contributed by atoms with Crippen molar-refractivity contribution < 1.29 is 13.3 Å². The Morgan fingerprint density at radius 2 is 2.00 bits per heavy atom. The van der Waals surface area contributed by atoms with Crippen LogP contribution >= 0.6 is 0 Å². The molecule has 0 amide bonds. The highest BCUT2D eigenvalue weighted by molar-refractivity contribution is 5.59. The Kier molecular flexibility index (Phi) is 3.12. The second-order valence-electron chi connectivity index (χ2n) is 4.09. The van der Waals surface area contributed by atoms with Crippen LogP contribution in [-0.2, 0) is 0 Å². The van der Waals surface area contributed by atoms with Crippen LogP contribution in [0.5, 0.6) is 0 Å². The Morgan fingerprint density at radius 3 is 2.71 bits per heavy atom. The molecule has 0 radical (unpaired) electrons. The van der Waals surface area contributed by atoms with Crippen LogP contribution in [0.3, 0.4) is 0 Å². The number of hydrogen-bond acceptors (Lipinski definition) is 5. The molecule has 1 aromatic carbocycles. The van der Waals surface area contributed by atoms with Crippen LogP contribution < -0.4 is 0 Å². The average Bonchev–Trinajstić information content (AvgIpc) is 2.98. The lowest BCUT2D eigenvalue weighted by molar-refractivity contribution is 0.432. The van der Waals surface area contributed by atoms with E-state index in [4.69, 9.17) is 9.78 Å². The Labute approximate surface area is 117 Å². The second kappa shape index (κ2) is 5.09. The summed E-state index contributed by atoms with van der Waals surface area (Å²) in [5.74, 6) is -0.804. The van der Waals surface area contributed by atoms with Gasteiger partial charge >= 0.3 is 0 Å². The maximum atomic E-state index is 13.3. The summed E-state index contributed by atoms with van der Waals surface area (Å²) < 4.78 is 31.1. The zero-order chi connectivity index (χ0) is 14.8. The number of aromatic nitrogens is 3. The van der Waals surface area contributed by atoms with Crippen LogP contribution in [0.25, 0.3) is 23.0 Å². The van der Waals surface area contributed by atoms with E-state index >= 15 is 0 Å². The maximum Gasteiger partial charge on any atom is 0.258 e. The molecule has 2 heterocycles. The van der Waals surface area contributed by atoms with E-state index in [9.17, 15) is 8.78 Å². The molecule has 5 nitrogen and oxygen atoms in total. The first kappa shape index (κ1) is 12.9. The van der Waals surface area contributed by atoms with Crippen LogP contribution in [0, 0.1) is 23.0 Å². The second-order valence-corrected chi connectivity index (χ2v) is 4.09. The lowest BCUT2D eigenvalue weighted by Gasteiger charge is -1.96. The minimum absolute atomic E-state index is 0.118. The zero-order valence-electron chi connectivity index (χ0n) is 10.4. The highest BCUT2D eigenvalue weighted by atomic mass is 19.1. The number of pyridine rings is 1. The van der Waals surface area contributed by atoms with Crippen molar-refractivity contribution in [2.75, 3.05) is 0 Å². The van der Waals surface area contributed by atoms with Crippen molar-refractivity contribution in [1.29, 1.82) is 5.26 Å². The molecule has 102 valence electrons. The van der Waals surface area contributed by atoms with Gasteiger partial charge in [0.25, 0.3) is 5.89 Å². The molecular weight excluding hydrogens is 278 g/mol. The van der Waals surface area contributed by atoms with Gasteiger partial charge in [0.2, 0.25) is 5.82 Å². The van der Waals surface area contributed by atoms with E-state index in [1.165, 1.54) is 24.3 Å². The van der Waals surface area contributed by atoms with E-state index in [2.05, 4.69) is 15.1 Å². The Morgan fingerprint density at radius 1 is 1.14 bits per heavy atom. The summed E-state index contributed by atoms with van der Waals surface area (Å²) in [5, 5.41) is 12.5. The molecule has 0 atom stereocenters. The summed E-state index contributed by atoms with van der Waals surface area (Å²) in [4.78, 5) is 7.92. The van der Waals surface area contributed by atoms with E-state index in [-0.39, 0.29) is 17.3 Å². The Bertz CT molecular complexity index is 837. The van der Waals surface area contributed by atoms with Gasteiger partial charge in [-0.25, -0.2) is 13.8 Å². The molecule has 2 aromatic heterocycles. The van der Waals surface area contributed by atoms with Gasteiger partial charge in [-0.15, -0.1) is 0 Å². The van der Waals surface area contributed by atoms with E-state index < -0.39 is 11.6 Å². The predicted molar refractivity (Wildman–Crippen MR) is 67.6 cm³/mol. The van der Waals surface area contributed by atoms with E-state index in [1.807, 2.05) is 0 Å². The molecule has 3 rings (SSSR count). The Balaban J connectivity index is 1.99. The largest absolute Gasteiger partial charge is 0.334 e. The molecule has 0 fully saturated rings. The first-order valence-electron chi connectivity index (χ1n) is 5.83. The summed E-state index contributed by atoms with van der Waals surface area (Å²) in [5.41, 5.74) is 0.634.